The van der Waals surface area contributed by atoms with E-state index in [1.165, 1.54) is 0 Å². The van der Waals surface area contributed by atoms with Gasteiger partial charge in [-0.05, 0) is 36.6 Å². The van der Waals surface area contributed by atoms with Gasteiger partial charge in [0.25, 0.3) is 0 Å². The molecule has 1 unspecified atom stereocenters. The lowest BCUT2D eigenvalue weighted by atomic mass is 10.1. The van der Waals surface area contributed by atoms with Gasteiger partial charge in [0, 0.05) is 28.5 Å². The standard InChI is InChI=1S/C19H21NO3S/c1-12(2)11-24-14-5-3-4-13(10-14)18(21)17-7-6-16-15(19(22)23)8-9-20(16)17/h3-7,10,12,15H,8-9,11H2,1-2H3,(H,22,23). The van der Waals surface area contributed by atoms with Crippen molar-refractivity contribution in [1.82, 2.24) is 4.57 Å². The second-order valence-corrected chi connectivity index (χ2v) is 7.63. The molecule has 2 aromatic rings. The Labute approximate surface area is 145 Å². The van der Waals surface area contributed by atoms with Gasteiger partial charge in [-0.3, -0.25) is 9.59 Å². The number of carboxylic acid groups (broad SMARTS) is 1. The largest absolute Gasteiger partial charge is 0.481 e. The Hall–Kier alpha value is -2.01. The second-order valence-electron chi connectivity index (χ2n) is 6.54. The minimum absolute atomic E-state index is 0.0423. The summed E-state index contributed by atoms with van der Waals surface area (Å²) in [6.45, 7) is 4.93. The monoisotopic (exact) mass is 343 g/mol. The first-order valence-electron chi connectivity index (χ1n) is 8.17. The molecule has 0 aliphatic carbocycles. The Morgan fingerprint density at radius 2 is 2.08 bits per heavy atom. The van der Waals surface area contributed by atoms with E-state index in [-0.39, 0.29) is 5.78 Å². The fraction of sp³-hybridized carbons (Fsp3) is 0.368. The molecule has 3 rings (SSSR count). The zero-order chi connectivity index (χ0) is 17.3. The number of carbonyl (C=O) groups excluding carboxylic acids is 1. The summed E-state index contributed by atoms with van der Waals surface area (Å²) < 4.78 is 1.86. The lowest BCUT2D eigenvalue weighted by Gasteiger charge is -2.08. The van der Waals surface area contributed by atoms with Crippen molar-refractivity contribution in [3.63, 3.8) is 0 Å². The quantitative estimate of drug-likeness (QED) is 0.635. The van der Waals surface area contributed by atoms with Crippen molar-refractivity contribution in [1.29, 1.82) is 0 Å². The molecule has 0 amide bonds. The molecule has 2 heterocycles. The van der Waals surface area contributed by atoms with Crippen LogP contribution >= 0.6 is 11.8 Å². The van der Waals surface area contributed by atoms with Crippen LogP contribution in [0, 0.1) is 5.92 Å². The van der Waals surface area contributed by atoms with Gasteiger partial charge in [0.15, 0.2) is 0 Å². The number of ketones is 1. The second kappa shape index (κ2) is 6.85. The van der Waals surface area contributed by atoms with Crippen LogP contribution in [0.3, 0.4) is 0 Å². The molecule has 0 fully saturated rings. The van der Waals surface area contributed by atoms with Crippen LogP contribution in [0.1, 0.15) is 47.9 Å². The van der Waals surface area contributed by atoms with Crippen LogP contribution in [0.15, 0.2) is 41.3 Å². The molecule has 0 radical (unpaired) electrons. The molecule has 0 saturated carbocycles. The molecule has 1 aliphatic rings. The molecule has 1 atom stereocenters. The molecule has 4 nitrogen and oxygen atoms in total. The molecule has 126 valence electrons. The van der Waals surface area contributed by atoms with Crippen molar-refractivity contribution >= 4 is 23.5 Å². The van der Waals surface area contributed by atoms with E-state index in [4.69, 9.17) is 0 Å². The third kappa shape index (κ3) is 3.26. The summed E-state index contributed by atoms with van der Waals surface area (Å²) >= 11 is 1.75. The number of fused-ring (bicyclic) bond motifs is 1. The van der Waals surface area contributed by atoms with E-state index in [1.54, 1.807) is 23.9 Å². The number of benzene rings is 1. The zero-order valence-corrected chi connectivity index (χ0v) is 14.7. The molecule has 1 aromatic carbocycles. The van der Waals surface area contributed by atoms with Crippen molar-refractivity contribution in [3.8, 4) is 0 Å². The maximum absolute atomic E-state index is 12.9. The molecular formula is C19H21NO3S. The Morgan fingerprint density at radius 1 is 1.29 bits per heavy atom. The Bertz CT molecular complexity index is 779. The van der Waals surface area contributed by atoms with Crippen molar-refractivity contribution in [3.05, 3.63) is 53.3 Å². The van der Waals surface area contributed by atoms with Gasteiger partial charge in [0.05, 0.1) is 11.6 Å². The number of aromatic nitrogens is 1. The predicted octanol–water partition coefficient (Wildman–Crippen LogP) is 4.04. The van der Waals surface area contributed by atoms with Crippen LogP contribution in [0.4, 0.5) is 0 Å². The highest BCUT2D eigenvalue weighted by molar-refractivity contribution is 7.99. The molecular weight excluding hydrogens is 322 g/mol. The number of aliphatic carboxylic acids is 1. The van der Waals surface area contributed by atoms with Gasteiger partial charge < -0.3 is 9.67 Å². The van der Waals surface area contributed by atoms with E-state index in [0.29, 0.717) is 30.1 Å². The Kier molecular flexibility index (Phi) is 4.81. The van der Waals surface area contributed by atoms with Gasteiger partial charge in [-0.2, -0.15) is 0 Å². The van der Waals surface area contributed by atoms with Crippen molar-refractivity contribution in [2.24, 2.45) is 5.92 Å². The first-order valence-corrected chi connectivity index (χ1v) is 9.15. The van der Waals surface area contributed by atoms with Gasteiger partial charge >= 0.3 is 5.97 Å². The van der Waals surface area contributed by atoms with E-state index in [0.717, 1.165) is 16.3 Å². The molecule has 24 heavy (non-hydrogen) atoms. The molecule has 0 saturated heterocycles. The molecule has 1 aromatic heterocycles. The van der Waals surface area contributed by atoms with Gasteiger partial charge in [-0.25, -0.2) is 0 Å². The summed E-state index contributed by atoms with van der Waals surface area (Å²) in [6, 6.07) is 11.2. The Balaban J connectivity index is 1.85. The SMILES string of the molecule is CC(C)CSc1cccc(C(=O)c2ccc3n2CCC3C(=O)O)c1. The number of carboxylic acids is 1. The highest BCUT2D eigenvalue weighted by Crippen LogP contribution is 2.32. The summed E-state index contributed by atoms with van der Waals surface area (Å²) in [7, 11) is 0. The smallest absolute Gasteiger partial charge is 0.312 e. The molecule has 1 N–H and O–H groups in total. The minimum Gasteiger partial charge on any atom is -0.481 e. The van der Waals surface area contributed by atoms with E-state index >= 15 is 0 Å². The van der Waals surface area contributed by atoms with Crippen LogP contribution in [-0.2, 0) is 11.3 Å². The number of nitrogens with zero attached hydrogens (tertiary/aromatic N) is 1. The number of carbonyl (C=O) groups is 2. The topological polar surface area (TPSA) is 59.3 Å². The van der Waals surface area contributed by atoms with E-state index in [2.05, 4.69) is 13.8 Å². The summed E-state index contributed by atoms with van der Waals surface area (Å²) in [6.07, 6.45) is 0.552. The summed E-state index contributed by atoms with van der Waals surface area (Å²) in [5, 5.41) is 9.26. The third-order valence-corrected chi connectivity index (χ3v) is 5.64. The lowest BCUT2D eigenvalue weighted by Crippen LogP contribution is -2.10. The van der Waals surface area contributed by atoms with E-state index < -0.39 is 11.9 Å². The van der Waals surface area contributed by atoms with Crippen LogP contribution in [0.25, 0.3) is 0 Å². The Morgan fingerprint density at radius 3 is 2.79 bits per heavy atom. The van der Waals surface area contributed by atoms with Gasteiger partial charge in [0.2, 0.25) is 5.78 Å². The first kappa shape index (κ1) is 16.8. The van der Waals surface area contributed by atoms with Gasteiger partial charge in [-0.1, -0.05) is 26.0 Å². The number of rotatable bonds is 6. The lowest BCUT2D eigenvalue weighted by molar-refractivity contribution is -0.138. The van der Waals surface area contributed by atoms with Crippen molar-refractivity contribution < 1.29 is 14.7 Å². The highest BCUT2D eigenvalue weighted by atomic mass is 32.2. The molecule has 0 spiro atoms. The number of hydrogen-bond acceptors (Lipinski definition) is 3. The van der Waals surface area contributed by atoms with Crippen LogP contribution in [0.5, 0.6) is 0 Å². The summed E-state index contributed by atoms with van der Waals surface area (Å²) in [4.78, 5) is 25.2. The third-order valence-electron chi connectivity index (χ3n) is 4.22. The van der Waals surface area contributed by atoms with E-state index in [1.807, 2.05) is 28.8 Å². The van der Waals surface area contributed by atoms with E-state index in [9.17, 15) is 14.7 Å². The number of hydrogen-bond donors (Lipinski definition) is 1. The van der Waals surface area contributed by atoms with Crippen molar-refractivity contribution in [2.75, 3.05) is 5.75 Å². The number of thioether (sulfide) groups is 1. The van der Waals surface area contributed by atoms with Crippen LogP contribution in [-0.4, -0.2) is 27.2 Å². The first-order chi connectivity index (χ1) is 11.5. The van der Waals surface area contributed by atoms with Gasteiger partial charge in [-0.15, -0.1) is 11.8 Å². The maximum Gasteiger partial charge on any atom is 0.312 e. The minimum atomic E-state index is -0.821. The van der Waals surface area contributed by atoms with Gasteiger partial charge in [0.1, 0.15) is 0 Å². The van der Waals surface area contributed by atoms with Crippen LogP contribution in [0.2, 0.25) is 0 Å². The maximum atomic E-state index is 12.9. The summed E-state index contributed by atoms with van der Waals surface area (Å²) in [5.41, 5.74) is 1.97. The van der Waals surface area contributed by atoms with Crippen molar-refractivity contribution in [2.45, 2.75) is 37.6 Å². The molecule has 1 aliphatic heterocycles. The predicted molar refractivity (Wildman–Crippen MR) is 94.9 cm³/mol. The zero-order valence-electron chi connectivity index (χ0n) is 13.9. The van der Waals surface area contributed by atoms with Crippen LogP contribution < -0.4 is 0 Å². The normalized spacial score (nSPS) is 16.4. The highest BCUT2D eigenvalue weighted by Gasteiger charge is 2.31. The fourth-order valence-corrected chi connectivity index (χ4v) is 3.94. The molecule has 0 bridgehead atoms. The summed E-state index contributed by atoms with van der Waals surface area (Å²) in [5.74, 6) is 0.242. The fourth-order valence-electron chi connectivity index (χ4n) is 3.03. The molecule has 5 heteroatoms. The average molecular weight is 343 g/mol. The average Bonchev–Trinajstić information content (AvgIpc) is 3.14.